The molecule has 0 atom stereocenters. The van der Waals surface area contributed by atoms with E-state index < -0.39 is 0 Å². The Balaban J connectivity index is 1.16. The lowest BCUT2D eigenvalue weighted by molar-refractivity contribution is 1.28. The molecule has 0 amide bonds. The van der Waals surface area contributed by atoms with E-state index in [2.05, 4.69) is 254 Å². The fourth-order valence-corrected chi connectivity index (χ4v) is 9.90. The molecule has 12 aromatic rings. The molecule has 63 heavy (non-hydrogen) atoms. The molecule has 0 aliphatic heterocycles. The zero-order chi connectivity index (χ0) is 41.7. The Labute approximate surface area is 367 Å². The van der Waals surface area contributed by atoms with Crippen LogP contribution in [-0.2, 0) is 0 Å². The average Bonchev–Trinajstić information content (AvgIpc) is 3.36. The number of hydrogen-bond donors (Lipinski definition) is 0. The van der Waals surface area contributed by atoms with Gasteiger partial charge in [-0.05, 0) is 135 Å². The summed E-state index contributed by atoms with van der Waals surface area (Å²) in [6.45, 7) is 0. The summed E-state index contributed by atoms with van der Waals surface area (Å²) in [5, 5.41) is 12.4. The van der Waals surface area contributed by atoms with Gasteiger partial charge in [-0.25, -0.2) is 0 Å². The van der Waals surface area contributed by atoms with Crippen LogP contribution in [0.15, 0.2) is 249 Å². The van der Waals surface area contributed by atoms with Crippen molar-refractivity contribution in [1.82, 2.24) is 0 Å². The second kappa shape index (κ2) is 15.3. The van der Waals surface area contributed by atoms with Gasteiger partial charge >= 0.3 is 0 Å². The molecular formula is C62H41N. The molecule has 0 saturated heterocycles. The molecule has 0 spiro atoms. The predicted molar refractivity (Wildman–Crippen MR) is 270 cm³/mol. The molecule has 0 unspecified atom stereocenters. The van der Waals surface area contributed by atoms with Crippen LogP contribution in [0.4, 0.5) is 17.1 Å². The molecule has 1 nitrogen and oxygen atoms in total. The highest BCUT2D eigenvalue weighted by molar-refractivity contribution is 6.20. The molecule has 1 heteroatoms. The maximum Gasteiger partial charge on any atom is 0.0546 e. The van der Waals surface area contributed by atoms with Gasteiger partial charge in [0.2, 0.25) is 0 Å². The van der Waals surface area contributed by atoms with Gasteiger partial charge < -0.3 is 4.90 Å². The Hall–Kier alpha value is -8.26. The fraction of sp³-hybridized carbons (Fsp3) is 0. The molecule has 0 radical (unpaired) electrons. The highest BCUT2D eigenvalue weighted by atomic mass is 15.1. The van der Waals surface area contributed by atoms with Gasteiger partial charge in [0.15, 0.2) is 0 Å². The number of nitrogens with zero attached hydrogens (tertiary/aromatic N) is 1. The van der Waals surface area contributed by atoms with Crippen molar-refractivity contribution in [2.75, 3.05) is 4.90 Å². The first-order chi connectivity index (χ1) is 31.3. The van der Waals surface area contributed by atoms with E-state index in [0.717, 1.165) is 17.1 Å². The molecule has 0 bridgehead atoms. The third-order valence-corrected chi connectivity index (χ3v) is 12.8. The van der Waals surface area contributed by atoms with Crippen molar-refractivity contribution in [2.45, 2.75) is 0 Å². The van der Waals surface area contributed by atoms with Crippen LogP contribution in [0.2, 0.25) is 0 Å². The number of benzene rings is 12. The minimum absolute atomic E-state index is 1.08. The maximum absolute atomic E-state index is 2.47. The molecule has 0 aromatic heterocycles. The van der Waals surface area contributed by atoms with E-state index >= 15 is 0 Å². The summed E-state index contributed by atoms with van der Waals surface area (Å²) in [4.78, 5) is 2.47. The lowest BCUT2D eigenvalue weighted by atomic mass is 9.85. The normalized spacial score (nSPS) is 11.5. The van der Waals surface area contributed by atoms with Crippen molar-refractivity contribution in [1.29, 1.82) is 0 Å². The topological polar surface area (TPSA) is 3.24 Å². The molecule has 0 aliphatic rings. The Bertz CT molecular complexity index is 3650. The molecule has 0 N–H and O–H groups in total. The van der Waals surface area contributed by atoms with E-state index in [-0.39, 0.29) is 0 Å². The molecule has 0 fully saturated rings. The van der Waals surface area contributed by atoms with Crippen LogP contribution in [0.3, 0.4) is 0 Å². The summed E-state index contributed by atoms with van der Waals surface area (Å²) in [5.41, 5.74) is 12.9. The Morgan fingerprint density at radius 1 is 0.222 bits per heavy atom. The van der Waals surface area contributed by atoms with Crippen molar-refractivity contribution in [3.8, 4) is 44.5 Å². The molecule has 0 aliphatic carbocycles. The summed E-state index contributed by atoms with van der Waals surface area (Å²) in [7, 11) is 0. The van der Waals surface area contributed by atoms with E-state index in [1.807, 2.05) is 0 Å². The van der Waals surface area contributed by atoms with Crippen LogP contribution in [0.5, 0.6) is 0 Å². The molecule has 12 rings (SSSR count). The lowest BCUT2D eigenvalue weighted by Crippen LogP contribution is -2.12. The van der Waals surface area contributed by atoms with E-state index in [4.69, 9.17) is 0 Å². The highest BCUT2D eigenvalue weighted by Gasteiger charge is 2.24. The Morgan fingerprint density at radius 2 is 0.651 bits per heavy atom. The number of fused-ring (bicyclic) bond motifs is 7. The molecule has 294 valence electrons. The van der Waals surface area contributed by atoms with E-state index in [0.29, 0.717) is 0 Å². The van der Waals surface area contributed by atoms with Gasteiger partial charge in [-0.15, -0.1) is 0 Å². The summed E-state index contributed by atoms with van der Waals surface area (Å²) >= 11 is 0. The number of hydrogen-bond acceptors (Lipinski definition) is 1. The van der Waals surface area contributed by atoms with Crippen molar-refractivity contribution in [3.63, 3.8) is 0 Å². The smallest absolute Gasteiger partial charge is 0.0546 e. The number of rotatable bonds is 7. The van der Waals surface area contributed by atoms with Crippen molar-refractivity contribution in [2.24, 2.45) is 0 Å². The van der Waals surface area contributed by atoms with E-state index in [1.54, 1.807) is 0 Å². The van der Waals surface area contributed by atoms with Gasteiger partial charge in [0.05, 0.1) is 5.69 Å². The predicted octanol–water partition coefficient (Wildman–Crippen LogP) is 17.6. The van der Waals surface area contributed by atoms with Crippen LogP contribution < -0.4 is 4.90 Å². The minimum Gasteiger partial charge on any atom is -0.310 e. The van der Waals surface area contributed by atoms with Gasteiger partial charge in [-0.1, -0.05) is 206 Å². The van der Waals surface area contributed by atoms with Crippen LogP contribution in [-0.4, -0.2) is 0 Å². The molecule has 0 saturated carbocycles. The van der Waals surface area contributed by atoms with Gasteiger partial charge in [0.25, 0.3) is 0 Å². The van der Waals surface area contributed by atoms with Crippen LogP contribution in [0.1, 0.15) is 0 Å². The molecule has 12 aromatic carbocycles. The Kier molecular flexibility index (Phi) is 8.90. The first-order valence-corrected chi connectivity index (χ1v) is 21.8. The zero-order valence-corrected chi connectivity index (χ0v) is 34.6. The molecule has 0 heterocycles. The summed E-state index contributed by atoms with van der Waals surface area (Å²) in [6, 6.07) is 91.3. The van der Waals surface area contributed by atoms with E-state index in [1.165, 1.54) is 98.4 Å². The van der Waals surface area contributed by atoms with Crippen LogP contribution >= 0.6 is 0 Å². The first kappa shape index (κ1) is 36.6. The maximum atomic E-state index is 2.47. The number of anilines is 3. The van der Waals surface area contributed by atoms with Gasteiger partial charge in [-0.2, -0.15) is 0 Å². The lowest BCUT2D eigenvalue weighted by Gasteiger charge is -2.30. The van der Waals surface area contributed by atoms with Crippen molar-refractivity contribution >= 4 is 70.9 Å². The van der Waals surface area contributed by atoms with Crippen LogP contribution in [0, 0.1) is 0 Å². The van der Waals surface area contributed by atoms with Crippen LogP contribution in [0.25, 0.3) is 98.4 Å². The zero-order valence-electron chi connectivity index (χ0n) is 34.6. The highest BCUT2D eigenvalue weighted by Crippen LogP contribution is 2.50. The first-order valence-electron chi connectivity index (χ1n) is 21.8. The van der Waals surface area contributed by atoms with Gasteiger partial charge in [0, 0.05) is 16.9 Å². The molecular weight excluding hydrogens is 759 g/mol. The largest absolute Gasteiger partial charge is 0.310 e. The second-order valence-corrected chi connectivity index (χ2v) is 16.4. The van der Waals surface area contributed by atoms with Crippen molar-refractivity contribution in [3.05, 3.63) is 249 Å². The van der Waals surface area contributed by atoms with Gasteiger partial charge in [0.1, 0.15) is 0 Å². The third kappa shape index (κ3) is 6.33. The third-order valence-electron chi connectivity index (χ3n) is 12.8. The SMILES string of the molecule is c1ccc(-c2ccc(N(c3ccc(-c4cccc5ccccc45)cc3)c3cccc(-c4cc5ccccc5c5ccccc45)c3-c3cc4ccccc4c4ccccc34)cc2)cc1. The fourth-order valence-electron chi connectivity index (χ4n) is 9.90. The summed E-state index contributed by atoms with van der Waals surface area (Å²) in [6.07, 6.45) is 0. The quantitative estimate of drug-likeness (QED) is 0.145. The second-order valence-electron chi connectivity index (χ2n) is 16.4. The van der Waals surface area contributed by atoms with E-state index in [9.17, 15) is 0 Å². The Morgan fingerprint density at radius 3 is 1.29 bits per heavy atom. The summed E-state index contributed by atoms with van der Waals surface area (Å²) < 4.78 is 0. The minimum atomic E-state index is 1.08. The summed E-state index contributed by atoms with van der Waals surface area (Å²) in [5.74, 6) is 0. The van der Waals surface area contributed by atoms with Crippen molar-refractivity contribution < 1.29 is 0 Å². The monoisotopic (exact) mass is 799 g/mol. The average molecular weight is 800 g/mol. The van der Waals surface area contributed by atoms with Gasteiger partial charge in [-0.3, -0.25) is 0 Å². The standard InChI is InChI=1S/C62H41N/c1-2-16-42(17-3-1)43-32-36-48(37-33-43)63(49-38-34-45(35-39-49)51-29-14-21-44-18-4-7-22-50(44)51)61-31-15-30-58(59-40-46-19-5-8-23-52(46)54-25-10-12-27-56(54)59)62(61)60-41-47-20-6-9-24-53(47)55-26-11-13-28-57(55)60/h1-41H.